The van der Waals surface area contributed by atoms with Gasteiger partial charge in [-0.15, -0.1) is 0 Å². The van der Waals surface area contributed by atoms with E-state index in [0.717, 1.165) is 22.0 Å². The van der Waals surface area contributed by atoms with Crippen LogP contribution in [-0.4, -0.2) is 10.2 Å². The number of rotatable bonds is 3. The smallest absolute Gasteiger partial charge is 0.126 e. The molecule has 3 N–H and O–H groups in total. The fraction of sp³-hybridized carbons (Fsp3) is 0.0588. The van der Waals surface area contributed by atoms with E-state index in [-0.39, 0.29) is 11.5 Å². The lowest BCUT2D eigenvalue weighted by Crippen LogP contribution is -1.90. The Hall–Kier alpha value is -1.60. The Morgan fingerprint density at radius 1 is 1.05 bits per heavy atom. The van der Waals surface area contributed by atoms with Crippen LogP contribution in [0.1, 0.15) is 5.56 Å². The van der Waals surface area contributed by atoms with Gasteiger partial charge in [-0.2, -0.15) is 0 Å². The van der Waals surface area contributed by atoms with E-state index in [1.807, 2.05) is 49.4 Å². The van der Waals surface area contributed by atoms with Gasteiger partial charge in [-0.05, 0) is 41.5 Å². The van der Waals surface area contributed by atoms with Gasteiger partial charge >= 0.3 is 0 Å². The monoisotopic (exact) mass is 423 g/mol. The molecule has 0 unspecified atom stereocenters. The molecule has 3 aromatic rings. The van der Waals surface area contributed by atoms with E-state index >= 15 is 0 Å². The van der Waals surface area contributed by atoms with Crippen LogP contribution in [0.3, 0.4) is 0 Å². The zero-order valence-electron chi connectivity index (χ0n) is 11.8. The van der Waals surface area contributed by atoms with Crippen LogP contribution in [0.5, 0.6) is 11.5 Å². The molecule has 0 spiro atoms. The van der Waals surface area contributed by atoms with Crippen molar-refractivity contribution in [2.24, 2.45) is 0 Å². The second-order valence-corrected chi connectivity index (χ2v) is 6.73. The van der Waals surface area contributed by atoms with Crippen LogP contribution in [-0.2, 0) is 0 Å². The molecule has 3 aromatic carbocycles. The van der Waals surface area contributed by atoms with Gasteiger partial charge in [-0.3, -0.25) is 0 Å². The summed E-state index contributed by atoms with van der Waals surface area (Å²) in [5.74, 6) is 0.350. The molecule has 112 valence electrons. The van der Waals surface area contributed by atoms with Gasteiger partial charge in [0, 0.05) is 47.1 Å². The van der Waals surface area contributed by atoms with Gasteiger partial charge in [0.05, 0.1) is 0 Å². The van der Waals surface area contributed by atoms with Crippen molar-refractivity contribution in [3.63, 3.8) is 0 Å². The van der Waals surface area contributed by atoms with Crippen LogP contribution in [0.2, 0.25) is 0 Å². The molecule has 0 saturated heterocycles. The number of aryl methyl sites for hydroxylation is 1. The third-order valence-electron chi connectivity index (χ3n) is 3.63. The zero-order chi connectivity index (χ0) is 15.7. The Morgan fingerprint density at radius 3 is 2.59 bits per heavy atom. The number of benzene rings is 3. The van der Waals surface area contributed by atoms with E-state index in [0.29, 0.717) is 11.1 Å². The summed E-state index contributed by atoms with van der Waals surface area (Å²) in [6.45, 7) is 1.85. The number of nitrogens with one attached hydrogen (secondary N) is 1. The van der Waals surface area contributed by atoms with Crippen molar-refractivity contribution >= 4 is 46.8 Å². The second kappa shape index (κ2) is 6.26. The Balaban J connectivity index is 2.34. The lowest BCUT2D eigenvalue weighted by Gasteiger charge is -2.14. The summed E-state index contributed by atoms with van der Waals surface area (Å²) in [6.07, 6.45) is 0. The summed E-state index contributed by atoms with van der Waals surface area (Å²) >= 11 is 2.15. The first-order chi connectivity index (χ1) is 10.6. The highest BCUT2D eigenvalue weighted by atomic mass is 127. The van der Waals surface area contributed by atoms with E-state index in [9.17, 15) is 10.2 Å². The summed E-state index contributed by atoms with van der Waals surface area (Å²) in [5.41, 5.74) is 2.93. The van der Waals surface area contributed by atoms with Crippen LogP contribution >= 0.6 is 30.3 Å². The van der Waals surface area contributed by atoms with Gasteiger partial charge in [0.25, 0.3) is 0 Å². The first-order valence-electron chi connectivity index (χ1n) is 6.70. The molecule has 0 fully saturated rings. The Kier molecular flexibility index (Phi) is 4.35. The largest absolute Gasteiger partial charge is 0.507 e. The summed E-state index contributed by atoms with van der Waals surface area (Å²) < 4.78 is 3.16. The fourth-order valence-corrected chi connectivity index (χ4v) is 3.59. The van der Waals surface area contributed by atoms with Gasteiger partial charge in [0.1, 0.15) is 11.5 Å². The predicted molar refractivity (Wildman–Crippen MR) is 103 cm³/mol. The molecule has 0 heterocycles. The van der Waals surface area contributed by atoms with Crippen LogP contribution in [0, 0.1) is 6.92 Å². The molecule has 0 radical (unpaired) electrons. The number of phenols is 2. The maximum Gasteiger partial charge on any atom is 0.126 e. The molecule has 0 aliphatic heterocycles. The summed E-state index contributed by atoms with van der Waals surface area (Å²) in [4.78, 5) is 0. The van der Waals surface area contributed by atoms with Crippen molar-refractivity contribution in [1.82, 2.24) is 0 Å². The summed E-state index contributed by atoms with van der Waals surface area (Å²) in [7, 11) is 1.46. The molecule has 0 amide bonds. The van der Waals surface area contributed by atoms with E-state index in [1.54, 1.807) is 6.07 Å². The molecule has 5 heteroatoms. The number of halogens is 1. The van der Waals surface area contributed by atoms with Crippen LogP contribution < -0.4 is 4.72 Å². The SMILES string of the molecule is Cc1cc(NSI)cc(-c2c(O)ccc3ccccc23)c1O. The molecule has 3 rings (SSSR count). The van der Waals surface area contributed by atoms with Crippen molar-refractivity contribution in [3.05, 3.63) is 54.1 Å². The van der Waals surface area contributed by atoms with Gasteiger partial charge in [0.2, 0.25) is 0 Å². The number of fused-ring (bicyclic) bond motifs is 1. The van der Waals surface area contributed by atoms with Gasteiger partial charge in [-0.1, -0.05) is 30.3 Å². The number of hydrogen-bond donors (Lipinski definition) is 3. The first kappa shape index (κ1) is 15.3. The minimum Gasteiger partial charge on any atom is -0.507 e. The summed E-state index contributed by atoms with van der Waals surface area (Å²) in [6, 6.07) is 15.1. The number of anilines is 1. The molecule has 0 aliphatic carbocycles. The average Bonchev–Trinajstić information content (AvgIpc) is 2.51. The van der Waals surface area contributed by atoms with Crippen molar-refractivity contribution in [1.29, 1.82) is 0 Å². The maximum absolute atomic E-state index is 10.5. The fourth-order valence-electron chi connectivity index (χ4n) is 2.62. The number of phenolic OH excluding ortho intramolecular Hbond substituents is 2. The minimum atomic E-state index is 0.160. The quantitative estimate of drug-likeness (QED) is 0.290. The first-order valence-corrected chi connectivity index (χ1v) is 10.1. The molecule has 0 bridgehead atoms. The molecular formula is C17H14INO2S. The van der Waals surface area contributed by atoms with Crippen LogP contribution in [0.15, 0.2) is 48.5 Å². The maximum atomic E-state index is 10.5. The molecular weight excluding hydrogens is 409 g/mol. The van der Waals surface area contributed by atoms with Crippen molar-refractivity contribution in [2.45, 2.75) is 6.92 Å². The Bertz CT molecular complexity index is 851. The molecule has 0 aliphatic rings. The van der Waals surface area contributed by atoms with Gasteiger partial charge < -0.3 is 14.9 Å². The van der Waals surface area contributed by atoms with Crippen molar-refractivity contribution < 1.29 is 10.2 Å². The van der Waals surface area contributed by atoms with E-state index in [2.05, 4.69) is 25.9 Å². The molecule has 0 saturated carbocycles. The summed E-state index contributed by atoms with van der Waals surface area (Å²) in [5, 5.41) is 22.8. The highest BCUT2D eigenvalue weighted by Crippen LogP contribution is 2.43. The molecule has 22 heavy (non-hydrogen) atoms. The normalized spacial score (nSPS) is 10.8. The minimum absolute atomic E-state index is 0.160. The van der Waals surface area contributed by atoms with E-state index in [4.69, 9.17) is 0 Å². The Morgan fingerprint density at radius 2 is 1.82 bits per heavy atom. The number of aromatic hydroxyl groups is 2. The molecule has 0 aromatic heterocycles. The molecule has 0 atom stereocenters. The zero-order valence-corrected chi connectivity index (χ0v) is 14.8. The third kappa shape index (κ3) is 2.70. The standard InChI is InChI=1S/C17H14INO2S/c1-10-8-12(19-22-18)9-14(17(10)21)16-13-5-3-2-4-11(13)6-7-15(16)20/h2-9,19-21H,1H3. The van der Waals surface area contributed by atoms with E-state index in [1.165, 1.54) is 9.12 Å². The van der Waals surface area contributed by atoms with Gasteiger partial charge in [0.15, 0.2) is 0 Å². The second-order valence-electron chi connectivity index (χ2n) is 5.05. The molecule has 3 nitrogen and oxygen atoms in total. The van der Waals surface area contributed by atoms with Crippen LogP contribution in [0.25, 0.3) is 21.9 Å². The highest BCUT2D eigenvalue weighted by Gasteiger charge is 2.15. The van der Waals surface area contributed by atoms with E-state index < -0.39 is 0 Å². The average molecular weight is 423 g/mol. The van der Waals surface area contributed by atoms with Crippen LogP contribution in [0.4, 0.5) is 5.69 Å². The Labute approximate surface area is 145 Å². The highest BCUT2D eigenvalue weighted by molar-refractivity contribution is 14.2. The topological polar surface area (TPSA) is 52.5 Å². The van der Waals surface area contributed by atoms with Crippen molar-refractivity contribution in [2.75, 3.05) is 4.72 Å². The lowest BCUT2D eigenvalue weighted by atomic mass is 9.94. The third-order valence-corrected chi connectivity index (χ3v) is 4.61. The van der Waals surface area contributed by atoms with Gasteiger partial charge in [-0.25, -0.2) is 0 Å². The predicted octanol–water partition coefficient (Wildman–Crippen LogP) is 5.64. The number of hydrogen-bond acceptors (Lipinski definition) is 4. The van der Waals surface area contributed by atoms with Crippen molar-refractivity contribution in [3.8, 4) is 22.6 Å². The lowest BCUT2D eigenvalue weighted by molar-refractivity contribution is 0.467.